The van der Waals surface area contributed by atoms with Crippen LogP contribution in [0.5, 0.6) is 0 Å². The maximum absolute atomic E-state index is 13.2. The van der Waals surface area contributed by atoms with Gasteiger partial charge >= 0.3 is 0 Å². The summed E-state index contributed by atoms with van der Waals surface area (Å²) in [5, 5.41) is 0. The van der Waals surface area contributed by atoms with Crippen molar-refractivity contribution in [1.29, 1.82) is 0 Å². The van der Waals surface area contributed by atoms with Gasteiger partial charge in [-0.05, 0) is 73.8 Å². The zero-order valence-corrected chi connectivity index (χ0v) is 18.0. The van der Waals surface area contributed by atoms with Crippen molar-refractivity contribution >= 4 is 17.3 Å². The highest BCUT2D eigenvalue weighted by Crippen LogP contribution is 2.63. The first-order valence-electron chi connectivity index (χ1n) is 11.5. The fourth-order valence-corrected chi connectivity index (χ4v) is 7.49. The Kier molecular flexibility index (Phi) is 4.61. The number of carbonyl (C=O) groups is 3. The van der Waals surface area contributed by atoms with Crippen molar-refractivity contribution in [2.45, 2.75) is 65.2 Å². The predicted molar refractivity (Wildman–Crippen MR) is 114 cm³/mol. The van der Waals surface area contributed by atoms with Crippen molar-refractivity contribution in [3.63, 3.8) is 0 Å². The van der Waals surface area contributed by atoms with E-state index in [-0.39, 0.29) is 22.4 Å². The molecule has 6 atom stereocenters. The first-order valence-corrected chi connectivity index (χ1v) is 11.5. The number of fused-ring (bicyclic) bond motifs is 5. The van der Waals surface area contributed by atoms with Gasteiger partial charge in [0.15, 0.2) is 5.78 Å². The molecule has 4 nitrogen and oxygen atoms in total. The van der Waals surface area contributed by atoms with Crippen molar-refractivity contribution in [3.05, 3.63) is 41.7 Å². The van der Waals surface area contributed by atoms with Crippen LogP contribution in [0, 0.1) is 34.5 Å². The quantitative estimate of drug-likeness (QED) is 0.395. The summed E-state index contributed by atoms with van der Waals surface area (Å²) < 4.78 is 0. The highest BCUT2D eigenvalue weighted by atomic mass is 16.2. The molecule has 0 aliphatic heterocycles. The van der Waals surface area contributed by atoms with Gasteiger partial charge in [0.25, 0.3) is 0 Å². The fraction of sp³-hybridized carbons (Fsp3) is 0.615. The molecule has 4 heteroatoms. The molecule has 3 saturated carbocycles. The van der Waals surface area contributed by atoms with Crippen molar-refractivity contribution in [3.8, 4) is 0 Å². The number of ketones is 3. The fourth-order valence-electron chi connectivity index (χ4n) is 7.49. The Hall–Kier alpha value is -2.10. The van der Waals surface area contributed by atoms with Crippen molar-refractivity contribution < 1.29 is 14.4 Å². The van der Waals surface area contributed by atoms with Crippen LogP contribution in [0.4, 0.5) is 0 Å². The van der Waals surface area contributed by atoms with Crippen molar-refractivity contribution in [2.75, 3.05) is 0 Å². The van der Waals surface area contributed by atoms with E-state index in [1.54, 1.807) is 24.5 Å². The minimum absolute atomic E-state index is 0.0571. The van der Waals surface area contributed by atoms with E-state index in [4.69, 9.17) is 0 Å². The Morgan fingerprint density at radius 1 is 1.07 bits per heavy atom. The van der Waals surface area contributed by atoms with E-state index in [1.165, 1.54) is 5.57 Å². The molecule has 6 unspecified atom stereocenters. The van der Waals surface area contributed by atoms with Gasteiger partial charge in [0.05, 0.1) is 5.92 Å². The number of nitrogens with zero attached hydrogens (tertiary/aromatic N) is 1. The number of pyridine rings is 1. The van der Waals surface area contributed by atoms with Crippen LogP contribution in [0.25, 0.3) is 0 Å². The van der Waals surface area contributed by atoms with Gasteiger partial charge in [-0.25, -0.2) is 0 Å². The third kappa shape index (κ3) is 2.79. The molecule has 4 aliphatic rings. The van der Waals surface area contributed by atoms with Crippen LogP contribution in [0.1, 0.15) is 75.6 Å². The lowest BCUT2D eigenvalue weighted by molar-refractivity contribution is -0.145. The Morgan fingerprint density at radius 2 is 1.80 bits per heavy atom. The molecule has 0 radical (unpaired) electrons. The molecule has 1 aromatic heterocycles. The third-order valence-corrected chi connectivity index (χ3v) is 9.23. The van der Waals surface area contributed by atoms with Gasteiger partial charge in [-0.15, -0.1) is 0 Å². The number of carbonyl (C=O) groups excluding carboxylic acids is 3. The Labute approximate surface area is 178 Å². The Morgan fingerprint density at radius 3 is 2.57 bits per heavy atom. The van der Waals surface area contributed by atoms with Crippen LogP contribution in [-0.2, 0) is 9.59 Å². The second-order valence-corrected chi connectivity index (χ2v) is 10.5. The highest BCUT2D eigenvalue weighted by molar-refractivity contribution is 6.11. The summed E-state index contributed by atoms with van der Waals surface area (Å²) in [6.07, 6.45) is 12.4. The topological polar surface area (TPSA) is 64.1 Å². The van der Waals surface area contributed by atoms with E-state index < -0.39 is 5.92 Å². The first-order chi connectivity index (χ1) is 14.3. The molecule has 0 amide bonds. The molecule has 30 heavy (non-hydrogen) atoms. The summed E-state index contributed by atoms with van der Waals surface area (Å²) in [6.45, 7) is 4.50. The average Bonchev–Trinajstić information content (AvgIpc) is 2.74. The average molecular weight is 406 g/mol. The lowest BCUT2D eigenvalue weighted by Crippen LogP contribution is -2.55. The number of hydrogen-bond donors (Lipinski definition) is 0. The molecule has 0 spiro atoms. The number of Topliss-reactive ketones (excluding diaryl/α,β-unsaturated/α-hetero) is 3. The summed E-state index contributed by atoms with van der Waals surface area (Å²) in [5.74, 6) is 1.30. The van der Waals surface area contributed by atoms with Gasteiger partial charge in [0, 0.05) is 36.2 Å². The normalized spacial score (nSPS) is 40.7. The van der Waals surface area contributed by atoms with Crippen LogP contribution < -0.4 is 0 Å². The summed E-state index contributed by atoms with van der Waals surface area (Å²) in [6, 6.07) is 3.43. The molecule has 1 aromatic rings. The van der Waals surface area contributed by atoms with Gasteiger partial charge in [-0.1, -0.05) is 25.5 Å². The molecule has 4 aliphatic carbocycles. The predicted octanol–water partition coefficient (Wildman–Crippen LogP) is 4.98. The smallest absolute Gasteiger partial charge is 0.173 e. The van der Waals surface area contributed by atoms with Gasteiger partial charge in [0.1, 0.15) is 11.6 Å². The van der Waals surface area contributed by atoms with Gasteiger partial charge in [-0.2, -0.15) is 0 Å². The van der Waals surface area contributed by atoms with E-state index >= 15 is 0 Å². The van der Waals surface area contributed by atoms with Crippen LogP contribution in [0.3, 0.4) is 0 Å². The monoisotopic (exact) mass is 405 g/mol. The molecule has 1 heterocycles. The zero-order chi connectivity index (χ0) is 21.1. The van der Waals surface area contributed by atoms with Crippen LogP contribution in [0.15, 0.2) is 36.2 Å². The molecular formula is C26H31NO3. The standard InChI is InChI=1S/C26H31NO3/c1-25-11-8-21-18(20(25)4-3-5-23(25)29)7-6-17-14-22(28)19(15-26(17,21)2)24(30)16-9-12-27-13-10-16/h6,9-10,12-13,18-21H,3-5,7-8,11,14-15H2,1-2H3. The minimum atomic E-state index is -0.561. The molecule has 0 saturated heterocycles. The lowest BCUT2D eigenvalue weighted by atomic mass is 9.44. The van der Waals surface area contributed by atoms with Crippen molar-refractivity contribution in [1.82, 2.24) is 4.98 Å². The molecule has 0 bridgehead atoms. The van der Waals surface area contributed by atoms with Crippen LogP contribution >= 0.6 is 0 Å². The molecule has 5 rings (SSSR count). The Bertz CT molecular complexity index is 935. The SMILES string of the molecule is CC12CCC3C(CC=C4CC(=O)C(C(=O)c5ccncc5)CC43C)C1CCCC2=O. The van der Waals surface area contributed by atoms with Crippen molar-refractivity contribution in [2.24, 2.45) is 34.5 Å². The van der Waals surface area contributed by atoms with E-state index in [2.05, 4.69) is 24.9 Å². The summed E-state index contributed by atoms with van der Waals surface area (Å²) >= 11 is 0. The van der Waals surface area contributed by atoms with E-state index in [0.29, 0.717) is 41.9 Å². The second kappa shape index (κ2) is 6.96. The molecular weight excluding hydrogens is 374 g/mol. The number of hydrogen-bond acceptors (Lipinski definition) is 4. The maximum Gasteiger partial charge on any atom is 0.173 e. The highest BCUT2D eigenvalue weighted by Gasteiger charge is 2.58. The largest absolute Gasteiger partial charge is 0.299 e. The van der Waals surface area contributed by atoms with Gasteiger partial charge in [-0.3, -0.25) is 19.4 Å². The molecule has 0 N–H and O–H groups in total. The summed E-state index contributed by atoms with van der Waals surface area (Å²) in [7, 11) is 0. The molecule has 3 fully saturated rings. The second-order valence-electron chi connectivity index (χ2n) is 10.5. The zero-order valence-electron chi connectivity index (χ0n) is 18.0. The molecule has 0 aromatic carbocycles. The van der Waals surface area contributed by atoms with Crippen LogP contribution in [-0.4, -0.2) is 22.3 Å². The third-order valence-electron chi connectivity index (χ3n) is 9.23. The van der Waals surface area contributed by atoms with Crippen LogP contribution in [0.2, 0.25) is 0 Å². The number of allylic oxidation sites excluding steroid dienone is 2. The van der Waals surface area contributed by atoms with Gasteiger partial charge in [0.2, 0.25) is 0 Å². The lowest BCUT2D eigenvalue weighted by Gasteiger charge is -2.59. The van der Waals surface area contributed by atoms with E-state index in [0.717, 1.165) is 38.5 Å². The summed E-state index contributed by atoms with van der Waals surface area (Å²) in [4.78, 5) is 43.0. The number of aromatic nitrogens is 1. The molecule has 158 valence electrons. The number of rotatable bonds is 2. The van der Waals surface area contributed by atoms with Gasteiger partial charge < -0.3 is 0 Å². The Balaban J connectivity index is 1.47. The summed E-state index contributed by atoms with van der Waals surface area (Å²) in [5.41, 5.74) is 1.54. The minimum Gasteiger partial charge on any atom is -0.299 e. The maximum atomic E-state index is 13.2. The van der Waals surface area contributed by atoms with E-state index in [1.807, 2.05) is 0 Å². The first kappa shape index (κ1) is 19.8. The van der Waals surface area contributed by atoms with E-state index in [9.17, 15) is 14.4 Å².